The number of likely N-dealkylation sites (tertiary alicyclic amines) is 1. The van der Waals surface area contributed by atoms with Crippen LogP contribution in [0.3, 0.4) is 0 Å². The number of hydrogen-bond acceptors (Lipinski definition) is 4. The summed E-state index contributed by atoms with van der Waals surface area (Å²) in [6, 6.07) is 8.63. The number of amides is 2. The maximum atomic E-state index is 13.0. The molecule has 1 unspecified atom stereocenters. The number of fused-ring (bicyclic) bond motifs is 1. The van der Waals surface area contributed by atoms with Crippen LogP contribution < -0.4 is 10.1 Å². The summed E-state index contributed by atoms with van der Waals surface area (Å²) in [7, 11) is 1.91. The third kappa shape index (κ3) is 4.00. The number of para-hydroxylation sites is 1. The Kier molecular flexibility index (Phi) is 5.56. The van der Waals surface area contributed by atoms with Crippen molar-refractivity contribution < 1.29 is 14.3 Å². The molecule has 0 aromatic heterocycles. The second-order valence-corrected chi connectivity index (χ2v) is 9.22. The van der Waals surface area contributed by atoms with Crippen LogP contribution in [0.15, 0.2) is 24.3 Å². The molecule has 6 nitrogen and oxygen atoms in total. The minimum atomic E-state index is -0.200. The molecule has 4 rings (SSSR count). The van der Waals surface area contributed by atoms with Crippen LogP contribution in [0.4, 0.5) is 0 Å². The minimum Gasteiger partial charge on any atom is -0.486 e. The first-order valence-corrected chi connectivity index (χ1v) is 10.9. The van der Waals surface area contributed by atoms with Gasteiger partial charge in [-0.25, -0.2) is 0 Å². The van der Waals surface area contributed by atoms with Gasteiger partial charge in [-0.05, 0) is 45.6 Å². The number of ether oxygens (including phenoxy) is 1. The van der Waals surface area contributed by atoms with Crippen molar-refractivity contribution in [1.82, 2.24) is 15.1 Å². The molecule has 29 heavy (non-hydrogen) atoms. The molecule has 1 aromatic rings. The molecular formula is C23H33N3O3. The summed E-state index contributed by atoms with van der Waals surface area (Å²) in [5, 5.41) is 3.55. The van der Waals surface area contributed by atoms with Crippen molar-refractivity contribution in [1.29, 1.82) is 0 Å². The lowest BCUT2D eigenvalue weighted by Gasteiger charge is -2.42. The lowest BCUT2D eigenvalue weighted by atomic mass is 9.81. The van der Waals surface area contributed by atoms with Crippen molar-refractivity contribution in [2.24, 2.45) is 5.92 Å². The monoisotopic (exact) mass is 399 g/mol. The fourth-order valence-electron chi connectivity index (χ4n) is 5.10. The summed E-state index contributed by atoms with van der Waals surface area (Å²) in [6.45, 7) is 6.25. The van der Waals surface area contributed by atoms with Gasteiger partial charge in [0.1, 0.15) is 11.4 Å². The summed E-state index contributed by atoms with van der Waals surface area (Å²) < 4.78 is 6.51. The third-order valence-electron chi connectivity index (χ3n) is 6.95. The molecule has 158 valence electrons. The molecule has 1 saturated carbocycles. The molecule has 2 fully saturated rings. The Labute approximate surface area is 173 Å². The Morgan fingerprint density at radius 3 is 2.69 bits per heavy atom. The van der Waals surface area contributed by atoms with Gasteiger partial charge < -0.3 is 19.9 Å². The first-order valence-electron chi connectivity index (χ1n) is 10.9. The van der Waals surface area contributed by atoms with Crippen molar-refractivity contribution in [3.05, 3.63) is 29.8 Å². The van der Waals surface area contributed by atoms with Gasteiger partial charge in [0.2, 0.25) is 11.8 Å². The van der Waals surface area contributed by atoms with Crippen molar-refractivity contribution in [2.45, 2.75) is 70.2 Å². The first kappa shape index (κ1) is 20.2. The predicted octanol–water partition coefficient (Wildman–Crippen LogP) is 2.57. The maximum Gasteiger partial charge on any atom is 0.227 e. The van der Waals surface area contributed by atoms with Gasteiger partial charge in [-0.15, -0.1) is 0 Å². The average molecular weight is 400 g/mol. The van der Waals surface area contributed by atoms with E-state index in [1.165, 1.54) is 5.56 Å². The molecule has 0 radical (unpaired) electrons. The second-order valence-electron chi connectivity index (χ2n) is 9.22. The fraction of sp³-hybridized carbons (Fsp3) is 0.652. The van der Waals surface area contributed by atoms with E-state index >= 15 is 0 Å². The Morgan fingerprint density at radius 1 is 1.28 bits per heavy atom. The van der Waals surface area contributed by atoms with Crippen molar-refractivity contribution in [3.63, 3.8) is 0 Å². The van der Waals surface area contributed by atoms with Gasteiger partial charge in [0, 0.05) is 50.7 Å². The van der Waals surface area contributed by atoms with Crippen molar-refractivity contribution in [3.8, 4) is 5.75 Å². The molecule has 0 bridgehead atoms. The second kappa shape index (κ2) is 7.98. The van der Waals surface area contributed by atoms with E-state index in [9.17, 15) is 9.59 Å². The number of carbonyl (C=O) groups is 2. The largest absolute Gasteiger partial charge is 0.486 e. The van der Waals surface area contributed by atoms with Crippen LogP contribution in [-0.4, -0.2) is 59.4 Å². The quantitative estimate of drug-likeness (QED) is 0.849. The van der Waals surface area contributed by atoms with E-state index in [1.54, 1.807) is 0 Å². The molecule has 2 aliphatic heterocycles. The summed E-state index contributed by atoms with van der Waals surface area (Å²) in [5.41, 5.74) is 1.02. The zero-order chi connectivity index (χ0) is 20.6. The fourth-order valence-corrected chi connectivity index (χ4v) is 5.10. The van der Waals surface area contributed by atoms with Gasteiger partial charge in [-0.1, -0.05) is 18.2 Å². The van der Waals surface area contributed by atoms with Crippen LogP contribution in [0.5, 0.6) is 5.75 Å². The molecule has 2 amide bonds. The summed E-state index contributed by atoms with van der Waals surface area (Å²) in [6.07, 6.45) is 4.07. The first-order chi connectivity index (χ1) is 13.9. The maximum absolute atomic E-state index is 13.0. The van der Waals surface area contributed by atoms with Gasteiger partial charge in [0.25, 0.3) is 0 Å². The van der Waals surface area contributed by atoms with E-state index in [1.807, 2.05) is 42.8 Å². The number of carbonyl (C=O) groups excluding carboxylic acids is 2. The highest BCUT2D eigenvalue weighted by Gasteiger charge is 2.42. The molecule has 1 aromatic carbocycles. The molecule has 1 spiro atoms. The minimum absolute atomic E-state index is 0.103. The zero-order valence-electron chi connectivity index (χ0n) is 17.8. The van der Waals surface area contributed by atoms with Gasteiger partial charge >= 0.3 is 0 Å². The molecule has 1 aliphatic carbocycles. The Bertz CT molecular complexity index is 770. The third-order valence-corrected chi connectivity index (χ3v) is 6.95. The SMILES string of the molecule is CC(C)N1CC(C(=O)N(C)C2CCC3(CC2)CNCc2ccccc2O3)CC1=O. The summed E-state index contributed by atoms with van der Waals surface area (Å²) in [4.78, 5) is 29.0. The normalized spacial score (nSPS) is 29.5. The lowest BCUT2D eigenvalue weighted by molar-refractivity contribution is -0.138. The topological polar surface area (TPSA) is 61.9 Å². The van der Waals surface area contributed by atoms with E-state index in [2.05, 4.69) is 17.4 Å². The number of nitrogens with one attached hydrogen (secondary N) is 1. The van der Waals surface area contributed by atoms with Crippen molar-refractivity contribution >= 4 is 11.8 Å². The molecule has 2 heterocycles. The van der Waals surface area contributed by atoms with E-state index in [4.69, 9.17) is 4.74 Å². The van der Waals surface area contributed by atoms with E-state index < -0.39 is 0 Å². The molecule has 3 aliphatic rings. The van der Waals surface area contributed by atoms with Gasteiger partial charge in [0.05, 0.1) is 5.92 Å². The highest BCUT2D eigenvalue weighted by atomic mass is 16.5. The van der Waals surface area contributed by atoms with Crippen LogP contribution in [0.2, 0.25) is 0 Å². The molecule has 1 saturated heterocycles. The Morgan fingerprint density at radius 2 is 2.00 bits per heavy atom. The zero-order valence-corrected chi connectivity index (χ0v) is 17.8. The number of benzene rings is 1. The number of rotatable bonds is 3. The summed E-state index contributed by atoms with van der Waals surface area (Å²) in [5.74, 6) is 1.01. The predicted molar refractivity (Wildman–Crippen MR) is 111 cm³/mol. The number of nitrogens with zero attached hydrogens (tertiary/aromatic N) is 2. The molecule has 1 N–H and O–H groups in total. The van der Waals surface area contributed by atoms with Crippen LogP contribution in [0.1, 0.15) is 51.5 Å². The van der Waals surface area contributed by atoms with Crippen LogP contribution in [-0.2, 0) is 16.1 Å². The Balaban J connectivity index is 1.37. The highest BCUT2D eigenvalue weighted by Crippen LogP contribution is 2.37. The van der Waals surface area contributed by atoms with E-state index in [0.29, 0.717) is 13.0 Å². The van der Waals surface area contributed by atoms with Crippen LogP contribution in [0.25, 0.3) is 0 Å². The lowest BCUT2D eigenvalue weighted by Crippen LogP contribution is -2.51. The Hall–Kier alpha value is -2.08. The van der Waals surface area contributed by atoms with Crippen molar-refractivity contribution in [2.75, 3.05) is 20.1 Å². The molecule has 1 atom stereocenters. The van der Waals surface area contributed by atoms with E-state index in [0.717, 1.165) is 44.5 Å². The molecule has 6 heteroatoms. The standard InChI is InChI=1S/C23H33N3O3/c1-16(2)26-14-18(12-21(26)27)22(28)25(3)19-8-10-23(11-9-19)15-24-13-17-6-4-5-7-20(17)29-23/h4-7,16,18-19,24H,8-15H2,1-3H3. The van der Waals surface area contributed by atoms with Gasteiger partial charge in [-0.3, -0.25) is 9.59 Å². The highest BCUT2D eigenvalue weighted by molar-refractivity contribution is 5.89. The van der Waals surface area contributed by atoms with Gasteiger partial charge in [0.15, 0.2) is 0 Å². The number of hydrogen-bond donors (Lipinski definition) is 1. The van der Waals surface area contributed by atoms with E-state index in [-0.39, 0.29) is 35.4 Å². The smallest absolute Gasteiger partial charge is 0.227 e. The summed E-state index contributed by atoms with van der Waals surface area (Å²) >= 11 is 0. The average Bonchev–Trinajstić information content (AvgIpc) is 3.01. The van der Waals surface area contributed by atoms with Crippen LogP contribution >= 0.6 is 0 Å². The molecular weight excluding hydrogens is 366 g/mol. The van der Waals surface area contributed by atoms with Gasteiger partial charge in [-0.2, -0.15) is 0 Å². The van der Waals surface area contributed by atoms with Crippen LogP contribution in [0, 0.1) is 5.92 Å².